The average molecular weight is 419 g/mol. The molecule has 1 N–H and O–H groups in total. The molecule has 0 fully saturated rings. The number of aromatic nitrogens is 3. The molecule has 3 rings (SSSR count). The van der Waals surface area contributed by atoms with Gasteiger partial charge < -0.3 is 9.72 Å². The predicted molar refractivity (Wildman–Crippen MR) is 102 cm³/mol. The number of nitrogens with zero attached hydrogens (tertiary/aromatic N) is 2. The van der Waals surface area contributed by atoms with Crippen LogP contribution in [-0.4, -0.2) is 27.7 Å². The second-order valence-electron chi connectivity index (χ2n) is 6.80. The number of aryl methyl sites for hydroxylation is 1. The predicted octanol–water partition coefficient (Wildman–Crippen LogP) is 4.92. The first-order chi connectivity index (χ1) is 14.2. The number of hydrogen-bond acceptors (Lipinski definition) is 5. The maximum Gasteiger partial charge on any atom is 0.435 e. The van der Waals surface area contributed by atoms with Gasteiger partial charge in [0, 0.05) is 23.0 Å². The van der Waals surface area contributed by atoms with Gasteiger partial charge in [-0.05, 0) is 49.2 Å². The monoisotopic (exact) mass is 419 g/mol. The SMILES string of the molecule is Cc1[nH]c(-c2ccc(-c3ccc(OCC(C)C)cc3)nc2)nc1C(F)(F)F.O=C=O. The lowest BCUT2D eigenvalue weighted by atomic mass is 10.1. The lowest BCUT2D eigenvalue weighted by Crippen LogP contribution is -2.07. The Morgan fingerprint density at radius 1 is 1.07 bits per heavy atom. The second-order valence-corrected chi connectivity index (χ2v) is 6.80. The number of carbonyl (C=O) groups excluding carboxylic acids is 2. The molecule has 0 aliphatic rings. The van der Waals surface area contributed by atoms with Gasteiger partial charge in [0.1, 0.15) is 11.6 Å². The zero-order valence-corrected chi connectivity index (χ0v) is 16.6. The third-order valence-electron chi connectivity index (χ3n) is 3.92. The second kappa shape index (κ2) is 9.84. The van der Waals surface area contributed by atoms with Gasteiger partial charge in [0.25, 0.3) is 0 Å². The van der Waals surface area contributed by atoms with E-state index in [1.54, 1.807) is 12.1 Å². The minimum absolute atomic E-state index is 0.0152. The van der Waals surface area contributed by atoms with Gasteiger partial charge in [0.2, 0.25) is 0 Å². The maximum absolute atomic E-state index is 12.9. The smallest absolute Gasteiger partial charge is 0.435 e. The molecule has 2 aromatic heterocycles. The largest absolute Gasteiger partial charge is 0.493 e. The highest BCUT2D eigenvalue weighted by Crippen LogP contribution is 2.32. The zero-order valence-electron chi connectivity index (χ0n) is 16.6. The number of rotatable bonds is 5. The molecular weight excluding hydrogens is 399 g/mol. The third-order valence-corrected chi connectivity index (χ3v) is 3.92. The summed E-state index contributed by atoms with van der Waals surface area (Å²) in [6, 6.07) is 11.0. The molecule has 2 heterocycles. The van der Waals surface area contributed by atoms with Crippen LogP contribution < -0.4 is 4.74 Å². The van der Waals surface area contributed by atoms with Crippen molar-refractivity contribution in [2.45, 2.75) is 26.9 Å². The van der Waals surface area contributed by atoms with Crippen molar-refractivity contribution in [2.24, 2.45) is 5.92 Å². The van der Waals surface area contributed by atoms with E-state index < -0.39 is 11.9 Å². The van der Waals surface area contributed by atoms with E-state index in [1.165, 1.54) is 13.1 Å². The van der Waals surface area contributed by atoms with Crippen molar-refractivity contribution in [1.82, 2.24) is 15.0 Å². The molecule has 0 unspecified atom stereocenters. The number of imidazole rings is 1. The van der Waals surface area contributed by atoms with E-state index in [2.05, 4.69) is 28.8 Å². The van der Waals surface area contributed by atoms with Crippen LogP contribution in [-0.2, 0) is 15.8 Å². The van der Waals surface area contributed by atoms with Gasteiger partial charge >= 0.3 is 12.3 Å². The van der Waals surface area contributed by atoms with Gasteiger partial charge in [-0.25, -0.2) is 4.98 Å². The standard InChI is InChI=1S/C20H20F3N3O.CO2/c1-12(2)11-27-16-7-4-14(5-8-16)17-9-6-15(10-24-17)19-25-13(3)18(26-19)20(21,22)23;2-1-3/h4-10,12H,11H2,1-3H3,(H,25,26);. The Bertz CT molecular complexity index is 989. The third kappa shape index (κ3) is 6.02. The number of alkyl halides is 3. The van der Waals surface area contributed by atoms with Crippen LogP contribution in [0.1, 0.15) is 25.2 Å². The molecule has 158 valence electrons. The molecule has 0 aliphatic heterocycles. The van der Waals surface area contributed by atoms with Crippen molar-refractivity contribution >= 4 is 6.15 Å². The molecule has 0 aliphatic carbocycles. The summed E-state index contributed by atoms with van der Waals surface area (Å²) in [6.07, 6.45) is -2.72. The fourth-order valence-corrected chi connectivity index (χ4v) is 2.56. The molecule has 9 heteroatoms. The van der Waals surface area contributed by atoms with Crippen molar-refractivity contribution in [2.75, 3.05) is 6.61 Å². The van der Waals surface area contributed by atoms with E-state index in [9.17, 15) is 13.2 Å². The topological polar surface area (TPSA) is 84.9 Å². The molecule has 30 heavy (non-hydrogen) atoms. The summed E-state index contributed by atoms with van der Waals surface area (Å²) in [5.74, 6) is 1.38. The van der Waals surface area contributed by atoms with E-state index in [-0.39, 0.29) is 17.7 Å². The van der Waals surface area contributed by atoms with Crippen molar-refractivity contribution in [1.29, 1.82) is 0 Å². The van der Waals surface area contributed by atoms with Crippen molar-refractivity contribution in [3.63, 3.8) is 0 Å². The van der Waals surface area contributed by atoms with Crippen LogP contribution in [0.3, 0.4) is 0 Å². The normalized spacial score (nSPS) is 10.9. The maximum atomic E-state index is 12.9. The Labute approximate surface area is 171 Å². The van der Waals surface area contributed by atoms with Gasteiger partial charge in [-0.1, -0.05) is 13.8 Å². The molecule has 0 bridgehead atoms. The Hall–Kier alpha value is -3.45. The number of aromatic amines is 1. The molecule has 6 nitrogen and oxygen atoms in total. The number of benzene rings is 1. The first-order valence-corrected chi connectivity index (χ1v) is 8.98. The summed E-state index contributed by atoms with van der Waals surface area (Å²) in [7, 11) is 0. The molecule has 3 aromatic rings. The number of ether oxygens (including phenoxy) is 1. The van der Waals surface area contributed by atoms with Crippen LogP contribution in [0.15, 0.2) is 42.6 Å². The zero-order chi connectivity index (χ0) is 22.3. The highest BCUT2D eigenvalue weighted by molar-refractivity contribution is 5.64. The molecule has 0 radical (unpaired) electrons. The van der Waals surface area contributed by atoms with E-state index >= 15 is 0 Å². The minimum Gasteiger partial charge on any atom is -0.493 e. The summed E-state index contributed by atoms with van der Waals surface area (Å²) >= 11 is 0. The van der Waals surface area contributed by atoms with Crippen LogP contribution in [0.5, 0.6) is 5.75 Å². The minimum atomic E-state index is -4.48. The summed E-state index contributed by atoms with van der Waals surface area (Å²) in [4.78, 5) is 26.9. The van der Waals surface area contributed by atoms with Crippen LogP contribution in [0.4, 0.5) is 13.2 Å². The highest BCUT2D eigenvalue weighted by Gasteiger charge is 2.36. The van der Waals surface area contributed by atoms with Crippen LogP contribution >= 0.6 is 0 Å². The Balaban J connectivity index is 0.00000101. The molecule has 0 saturated heterocycles. The summed E-state index contributed by atoms with van der Waals surface area (Å²) in [5.41, 5.74) is 1.19. The quantitative estimate of drug-likeness (QED) is 0.635. The average Bonchev–Trinajstić information content (AvgIpc) is 3.10. The van der Waals surface area contributed by atoms with Gasteiger partial charge in [0.15, 0.2) is 5.69 Å². The molecule has 1 aromatic carbocycles. The summed E-state index contributed by atoms with van der Waals surface area (Å²) in [5, 5.41) is 0. The van der Waals surface area contributed by atoms with Crippen molar-refractivity contribution in [3.8, 4) is 28.4 Å². The van der Waals surface area contributed by atoms with Crippen LogP contribution in [0.25, 0.3) is 22.6 Å². The fraction of sp³-hybridized carbons (Fsp3) is 0.286. The molecule has 0 saturated carbocycles. The number of halogens is 3. The van der Waals surface area contributed by atoms with Gasteiger partial charge in [-0.15, -0.1) is 0 Å². The summed E-state index contributed by atoms with van der Waals surface area (Å²) in [6.45, 7) is 6.16. The van der Waals surface area contributed by atoms with Gasteiger partial charge in [0.05, 0.1) is 12.3 Å². The fourth-order valence-electron chi connectivity index (χ4n) is 2.56. The van der Waals surface area contributed by atoms with E-state index in [4.69, 9.17) is 14.3 Å². The molecule has 0 amide bonds. The number of H-pyrrole nitrogens is 1. The first kappa shape index (κ1) is 22.8. The Kier molecular flexibility index (Phi) is 7.49. The molecule has 0 spiro atoms. The van der Waals surface area contributed by atoms with Crippen LogP contribution in [0.2, 0.25) is 0 Å². The Morgan fingerprint density at radius 3 is 2.13 bits per heavy atom. The number of pyridine rings is 1. The number of hydrogen-bond donors (Lipinski definition) is 1. The highest BCUT2D eigenvalue weighted by atomic mass is 19.4. The van der Waals surface area contributed by atoms with E-state index in [0.29, 0.717) is 23.8 Å². The molecular formula is C21H20F3N3O3. The van der Waals surface area contributed by atoms with E-state index in [1.807, 2.05) is 24.3 Å². The lowest BCUT2D eigenvalue weighted by Gasteiger charge is -2.09. The van der Waals surface area contributed by atoms with Gasteiger partial charge in [-0.2, -0.15) is 22.8 Å². The summed E-state index contributed by atoms with van der Waals surface area (Å²) < 4.78 is 44.3. The van der Waals surface area contributed by atoms with Gasteiger partial charge in [-0.3, -0.25) is 4.98 Å². The number of nitrogens with one attached hydrogen (secondary N) is 1. The van der Waals surface area contributed by atoms with E-state index in [0.717, 1.165) is 11.3 Å². The lowest BCUT2D eigenvalue weighted by molar-refractivity contribution is -0.191. The first-order valence-electron chi connectivity index (χ1n) is 8.98. The Morgan fingerprint density at radius 2 is 1.67 bits per heavy atom. The van der Waals surface area contributed by atoms with Crippen LogP contribution in [0, 0.1) is 12.8 Å². The van der Waals surface area contributed by atoms with Crippen molar-refractivity contribution in [3.05, 3.63) is 54.0 Å². The molecule has 0 atom stereocenters. The van der Waals surface area contributed by atoms with Crippen molar-refractivity contribution < 1.29 is 27.5 Å².